The zero-order valence-corrected chi connectivity index (χ0v) is 11.8. The standard InChI is InChI=1S/C14H18ClN3/c1-9-8-16-18-12(15)7-11(17-13(9)18)14(2,3)10-5-4-6-10/h7-8,10H,4-6H2,1-3H3. The van der Waals surface area contributed by atoms with Crippen molar-refractivity contribution >= 4 is 17.2 Å². The molecule has 96 valence electrons. The second-order valence-electron chi connectivity index (χ2n) is 5.88. The lowest BCUT2D eigenvalue weighted by Gasteiger charge is -2.40. The first-order valence-electron chi connectivity index (χ1n) is 6.51. The summed E-state index contributed by atoms with van der Waals surface area (Å²) in [5, 5.41) is 4.89. The van der Waals surface area contributed by atoms with E-state index >= 15 is 0 Å². The highest BCUT2D eigenvalue weighted by Gasteiger charge is 2.36. The third-order valence-electron chi connectivity index (χ3n) is 4.39. The molecule has 0 bridgehead atoms. The molecule has 0 atom stereocenters. The molecule has 0 N–H and O–H groups in total. The van der Waals surface area contributed by atoms with Crippen LogP contribution in [0, 0.1) is 12.8 Å². The Morgan fingerprint density at radius 2 is 2.11 bits per heavy atom. The Labute approximate surface area is 112 Å². The predicted molar refractivity (Wildman–Crippen MR) is 73.1 cm³/mol. The second kappa shape index (κ2) is 3.95. The molecule has 1 fully saturated rings. The van der Waals surface area contributed by atoms with Gasteiger partial charge in [0.05, 0.1) is 11.9 Å². The Morgan fingerprint density at radius 1 is 1.39 bits per heavy atom. The molecule has 1 aliphatic carbocycles. The summed E-state index contributed by atoms with van der Waals surface area (Å²) in [5.74, 6) is 0.728. The zero-order chi connectivity index (χ0) is 12.9. The molecule has 0 aromatic carbocycles. The minimum Gasteiger partial charge on any atom is -0.233 e. The van der Waals surface area contributed by atoms with Gasteiger partial charge in [0.2, 0.25) is 0 Å². The fourth-order valence-corrected chi connectivity index (χ4v) is 2.93. The molecule has 1 aliphatic rings. The highest BCUT2D eigenvalue weighted by atomic mass is 35.5. The van der Waals surface area contributed by atoms with E-state index in [-0.39, 0.29) is 5.41 Å². The van der Waals surface area contributed by atoms with Crippen molar-refractivity contribution in [1.29, 1.82) is 0 Å². The van der Waals surface area contributed by atoms with Crippen LogP contribution < -0.4 is 0 Å². The van der Waals surface area contributed by atoms with Crippen LogP contribution in [-0.4, -0.2) is 14.6 Å². The van der Waals surface area contributed by atoms with Gasteiger partial charge in [0.15, 0.2) is 5.65 Å². The third kappa shape index (κ3) is 1.64. The summed E-state index contributed by atoms with van der Waals surface area (Å²) in [6, 6.07) is 1.97. The molecule has 0 saturated heterocycles. The number of hydrogen-bond donors (Lipinski definition) is 0. The Hall–Kier alpha value is -1.09. The highest BCUT2D eigenvalue weighted by Crippen LogP contribution is 2.43. The van der Waals surface area contributed by atoms with Gasteiger partial charge < -0.3 is 0 Å². The van der Waals surface area contributed by atoms with Crippen LogP contribution in [0.25, 0.3) is 5.65 Å². The number of nitrogens with zero attached hydrogens (tertiary/aromatic N) is 3. The van der Waals surface area contributed by atoms with Crippen LogP contribution >= 0.6 is 11.6 Å². The van der Waals surface area contributed by atoms with Gasteiger partial charge in [-0.1, -0.05) is 31.9 Å². The van der Waals surface area contributed by atoms with Crippen LogP contribution in [0.2, 0.25) is 5.15 Å². The molecule has 0 radical (unpaired) electrons. The van der Waals surface area contributed by atoms with Gasteiger partial charge in [-0.05, 0) is 31.7 Å². The van der Waals surface area contributed by atoms with E-state index in [1.165, 1.54) is 19.3 Å². The molecule has 0 spiro atoms. The van der Waals surface area contributed by atoms with Crippen molar-refractivity contribution in [3.05, 3.63) is 28.7 Å². The number of aryl methyl sites for hydroxylation is 1. The largest absolute Gasteiger partial charge is 0.233 e. The van der Waals surface area contributed by atoms with Crippen LogP contribution in [-0.2, 0) is 5.41 Å². The Balaban J connectivity index is 2.14. The van der Waals surface area contributed by atoms with E-state index in [2.05, 4.69) is 18.9 Å². The number of halogens is 1. The summed E-state index contributed by atoms with van der Waals surface area (Å²) in [6.07, 6.45) is 5.76. The Bertz CT molecular complexity index is 596. The van der Waals surface area contributed by atoms with Crippen molar-refractivity contribution in [2.24, 2.45) is 5.92 Å². The first-order chi connectivity index (χ1) is 8.50. The second-order valence-corrected chi connectivity index (χ2v) is 6.26. The first-order valence-corrected chi connectivity index (χ1v) is 6.89. The van der Waals surface area contributed by atoms with E-state index < -0.39 is 0 Å². The van der Waals surface area contributed by atoms with Crippen LogP contribution in [0.4, 0.5) is 0 Å². The van der Waals surface area contributed by atoms with Crippen molar-refractivity contribution in [3.63, 3.8) is 0 Å². The summed E-state index contributed by atoms with van der Waals surface area (Å²) in [7, 11) is 0. The normalized spacial score (nSPS) is 17.1. The monoisotopic (exact) mass is 263 g/mol. The van der Waals surface area contributed by atoms with Gasteiger partial charge >= 0.3 is 0 Å². The highest BCUT2D eigenvalue weighted by molar-refractivity contribution is 6.29. The molecule has 2 aromatic heterocycles. The summed E-state index contributed by atoms with van der Waals surface area (Å²) in [5.41, 5.74) is 3.14. The molecule has 3 nitrogen and oxygen atoms in total. The quantitative estimate of drug-likeness (QED) is 0.772. The fourth-order valence-electron chi connectivity index (χ4n) is 2.71. The minimum absolute atomic E-state index is 0.0976. The SMILES string of the molecule is Cc1cnn2c(Cl)cc(C(C)(C)C3CCC3)nc12. The van der Waals surface area contributed by atoms with Gasteiger partial charge in [-0.2, -0.15) is 5.10 Å². The molecular weight excluding hydrogens is 246 g/mol. The zero-order valence-electron chi connectivity index (χ0n) is 11.1. The minimum atomic E-state index is 0.0976. The predicted octanol–water partition coefficient (Wildman–Crippen LogP) is 3.77. The van der Waals surface area contributed by atoms with E-state index in [0.29, 0.717) is 5.15 Å². The molecule has 0 unspecified atom stereocenters. The molecule has 2 heterocycles. The smallest absolute Gasteiger partial charge is 0.159 e. The maximum atomic E-state index is 6.31. The van der Waals surface area contributed by atoms with Gasteiger partial charge in [-0.25, -0.2) is 9.50 Å². The summed E-state index contributed by atoms with van der Waals surface area (Å²) < 4.78 is 1.71. The van der Waals surface area contributed by atoms with Gasteiger partial charge in [0.25, 0.3) is 0 Å². The average molecular weight is 264 g/mol. The summed E-state index contributed by atoms with van der Waals surface area (Å²) in [6.45, 7) is 6.57. The molecule has 0 amide bonds. The topological polar surface area (TPSA) is 30.2 Å². The van der Waals surface area contributed by atoms with Gasteiger partial charge in [-0.3, -0.25) is 0 Å². The van der Waals surface area contributed by atoms with E-state index in [0.717, 1.165) is 22.8 Å². The third-order valence-corrected chi connectivity index (χ3v) is 4.66. The molecular formula is C14H18ClN3. The van der Waals surface area contributed by atoms with Gasteiger partial charge in [0.1, 0.15) is 5.15 Å². The molecule has 1 saturated carbocycles. The number of fused-ring (bicyclic) bond motifs is 1. The number of rotatable bonds is 2. The lowest BCUT2D eigenvalue weighted by atomic mass is 9.66. The van der Waals surface area contributed by atoms with Gasteiger partial charge in [-0.15, -0.1) is 0 Å². The summed E-state index contributed by atoms with van der Waals surface area (Å²) >= 11 is 6.31. The van der Waals surface area contributed by atoms with E-state index in [9.17, 15) is 0 Å². The van der Waals surface area contributed by atoms with Crippen molar-refractivity contribution < 1.29 is 0 Å². The van der Waals surface area contributed by atoms with Crippen LogP contribution in [0.3, 0.4) is 0 Å². The molecule has 3 rings (SSSR count). The fraction of sp³-hybridized carbons (Fsp3) is 0.571. The van der Waals surface area contributed by atoms with Crippen molar-refractivity contribution in [3.8, 4) is 0 Å². The lowest BCUT2D eigenvalue weighted by Crippen LogP contribution is -2.34. The number of hydrogen-bond acceptors (Lipinski definition) is 2. The van der Waals surface area contributed by atoms with Crippen LogP contribution in [0.1, 0.15) is 44.4 Å². The van der Waals surface area contributed by atoms with Crippen molar-refractivity contribution in [2.75, 3.05) is 0 Å². The maximum Gasteiger partial charge on any atom is 0.159 e. The maximum absolute atomic E-state index is 6.31. The molecule has 4 heteroatoms. The van der Waals surface area contributed by atoms with Crippen molar-refractivity contribution in [2.45, 2.75) is 45.4 Å². The molecule has 2 aromatic rings. The van der Waals surface area contributed by atoms with Crippen LogP contribution in [0.5, 0.6) is 0 Å². The molecule has 0 aliphatic heterocycles. The lowest BCUT2D eigenvalue weighted by molar-refractivity contribution is 0.190. The van der Waals surface area contributed by atoms with Crippen LogP contribution in [0.15, 0.2) is 12.3 Å². The number of aromatic nitrogens is 3. The van der Waals surface area contributed by atoms with E-state index in [4.69, 9.17) is 16.6 Å². The first kappa shape index (κ1) is 12.0. The Kier molecular flexibility index (Phi) is 2.63. The molecule has 18 heavy (non-hydrogen) atoms. The van der Waals surface area contributed by atoms with E-state index in [1.807, 2.05) is 19.2 Å². The summed E-state index contributed by atoms with van der Waals surface area (Å²) in [4.78, 5) is 4.79. The van der Waals surface area contributed by atoms with E-state index in [1.54, 1.807) is 4.52 Å². The Morgan fingerprint density at radius 3 is 2.72 bits per heavy atom. The van der Waals surface area contributed by atoms with Gasteiger partial charge in [0, 0.05) is 11.0 Å². The average Bonchev–Trinajstić information content (AvgIpc) is 2.58. The van der Waals surface area contributed by atoms with Crippen molar-refractivity contribution in [1.82, 2.24) is 14.6 Å².